The summed E-state index contributed by atoms with van der Waals surface area (Å²) in [6, 6.07) is 0. The predicted octanol–water partition coefficient (Wildman–Crippen LogP) is 4.65. The Kier molecular flexibility index (Phi) is 4.87. The summed E-state index contributed by atoms with van der Waals surface area (Å²) in [6.45, 7) is 10.0. The second-order valence-corrected chi connectivity index (χ2v) is 13.0. The average Bonchev–Trinajstić information content (AvgIpc) is 3.34. The van der Waals surface area contributed by atoms with E-state index in [2.05, 4.69) is 27.7 Å². The molecule has 3 saturated carbocycles. The van der Waals surface area contributed by atoms with E-state index in [0.29, 0.717) is 41.9 Å². The molecule has 0 aromatic carbocycles. The normalized spacial score (nSPS) is 57.2. The van der Waals surface area contributed by atoms with Crippen molar-refractivity contribution in [3.8, 4) is 0 Å². The van der Waals surface area contributed by atoms with Crippen molar-refractivity contribution in [3.05, 3.63) is 0 Å². The van der Waals surface area contributed by atoms with Gasteiger partial charge in [-0.3, -0.25) is 9.59 Å². The number of fused-ring (bicyclic) bond motifs is 6. The number of hydrogen-bond donors (Lipinski definition) is 1. The number of carboxylic acid groups (broad SMARTS) is 1. The van der Waals surface area contributed by atoms with E-state index in [4.69, 9.17) is 14.2 Å². The number of ether oxygens (including phenoxy) is 3. The van der Waals surface area contributed by atoms with E-state index in [9.17, 15) is 14.7 Å². The summed E-state index contributed by atoms with van der Waals surface area (Å²) in [5.41, 5.74) is -0.221. The van der Waals surface area contributed by atoms with Gasteiger partial charge in [-0.15, -0.1) is 0 Å². The first-order valence-electron chi connectivity index (χ1n) is 13.3. The van der Waals surface area contributed by atoms with Gasteiger partial charge in [-0.2, -0.15) is 0 Å². The predicted molar refractivity (Wildman–Crippen MR) is 120 cm³/mol. The molecule has 0 bridgehead atoms. The fourth-order valence-corrected chi connectivity index (χ4v) is 10.1. The smallest absolute Gasteiger partial charge is 0.306 e. The summed E-state index contributed by atoms with van der Waals surface area (Å²) in [4.78, 5) is 24.2. The van der Waals surface area contributed by atoms with E-state index in [-0.39, 0.29) is 41.3 Å². The molecule has 9 unspecified atom stereocenters. The zero-order valence-corrected chi connectivity index (χ0v) is 20.5. The van der Waals surface area contributed by atoms with Gasteiger partial charge in [0.1, 0.15) is 6.10 Å². The van der Waals surface area contributed by atoms with Gasteiger partial charge in [0.2, 0.25) is 0 Å². The van der Waals surface area contributed by atoms with Crippen molar-refractivity contribution >= 4 is 11.9 Å². The van der Waals surface area contributed by atoms with Crippen LogP contribution in [0.1, 0.15) is 79.1 Å². The van der Waals surface area contributed by atoms with Gasteiger partial charge in [0, 0.05) is 18.3 Å². The third-order valence-corrected chi connectivity index (χ3v) is 11.6. The summed E-state index contributed by atoms with van der Waals surface area (Å²) in [5, 5.41) is 9.81. The van der Waals surface area contributed by atoms with Crippen LogP contribution in [0.15, 0.2) is 0 Å². The molecule has 3 aliphatic carbocycles. The van der Waals surface area contributed by atoms with E-state index in [1.807, 2.05) is 0 Å². The van der Waals surface area contributed by atoms with Crippen molar-refractivity contribution in [1.29, 1.82) is 0 Å². The number of rotatable bonds is 2. The summed E-state index contributed by atoms with van der Waals surface area (Å²) in [5.74, 6) is 1.38. The summed E-state index contributed by atoms with van der Waals surface area (Å²) in [7, 11) is 0. The number of carbonyl (C=O) groups is 2. The average molecular weight is 461 g/mol. The molecule has 0 aromatic rings. The van der Waals surface area contributed by atoms with Gasteiger partial charge >= 0.3 is 11.9 Å². The molecule has 6 heteroatoms. The Balaban J connectivity index is 1.31. The van der Waals surface area contributed by atoms with Gasteiger partial charge < -0.3 is 19.3 Å². The Morgan fingerprint density at radius 1 is 1.06 bits per heavy atom. The highest BCUT2D eigenvalue weighted by molar-refractivity contribution is 5.73. The molecule has 3 heterocycles. The second-order valence-electron chi connectivity index (χ2n) is 13.0. The van der Waals surface area contributed by atoms with Crippen molar-refractivity contribution in [2.24, 2.45) is 52.3 Å². The van der Waals surface area contributed by atoms with Crippen LogP contribution in [0, 0.1) is 52.3 Å². The van der Waals surface area contributed by atoms with Crippen LogP contribution in [-0.2, 0) is 23.8 Å². The topological polar surface area (TPSA) is 82.1 Å². The Morgan fingerprint density at radius 3 is 2.55 bits per heavy atom. The van der Waals surface area contributed by atoms with Gasteiger partial charge in [-0.05, 0) is 72.5 Å². The summed E-state index contributed by atoms with van der Waals surface area (Å²) < 4.78 is 19.1. The van der Waals surface area contributed by atoms with Crippen molar-refractivity contribution in [3.63, 3.8) is 0 Å². The van der Waals surface area contributed by atoms with Crippen LogP contribution in [0.3, 0.4) is 0 Å². The van der Waals surface area contributed by atoms with E-state index < -0.39 is 11.8 Å². The largest absolute Gasteiger partial charge is 0.481 e. The monoisotopic (exact) mass is 460 g/mol. The van der Waals surface area contributed by atoms with Crippen molar-refractivity contribution < 1.29 is 28.9 Å². The van der Waals surface area contributed by atoms with E-state index >= 15 is 0 Å². The lowest BCUT2D eigenvalue weighted by atomic mass is 9.45. The third-order valence-electron chi connectivity index (χ3n) is 11.6. The van der Waals surface area contributed by atoms with E-state index in [1.165, 1.54) is 0 Å². The van der Waals surface area contributed by atoms with Crippen LogP contribution >= 0.6 is 0 Å². The SMILES string of the molecule is CC1C2C(CC3C4CC5OC(=O)CC5[C@](C)(CC(=O)O)C4CC[C@@]32C)OC12CC[C@@H](C)CO2. The molecule has 6 nitrogen and oxygen atoms in total. The first-order valence-corrected chi connectivity index (χ1v) is 13.3. The van der Waals surface area contributed by atoms with Crippen molar-refractivity contribution in [2.75, 3.05) is 6.61 Å². The summed E-state index contributed by atoms with van der Waals surface area (Å²) in [6.07, 6.45) is 6.83. The number of hydrogen-bond acceptors (Lipinski definition) is 5. The molecule has 12 atom stereocenters. The highest BCUT2D eigenvalue weighted by Crippen LogP contribution is 2.71. The van der Waals surface area contributed by atoms with Gasteiger partial charge in [0.15, 0.2) is 5.79 Å². The molecule has 0 radical (unpaired) electrons. The molecule has 6 fully saturated rings. The molecule has 1 N–H and O–H groups in total. The second kappa shape index (κ2) is 7.19. The Morgan fingerprint density at radius 2 is 1.85 bits per heavy atom. The van der Waals surface area contributed by atoms with Crippen molar-refractivity contribution in [2.45, 2.75) is 97.1 Å². The first-order chi connectivity index (χ1) is 15.6. The maximum Gasteiger partial charge on any atom is 0.306 e. The Bertz CT molecular complexity index is 848. The van der Waals surface area contributed by atoms with Gasteiger partial charge in [0.25, 0.3) is 0 Å². The third kappa shape index (κ3) is 2.98. The summed E-state index contributed by atoms with van der Waals surface area (Å²) >= 11 is 0. The van der Waals surface area contributed by atoms with Gasteiger partial charge in [-0.1, -0.05) is 27.7 Å². The van der Waals surface area contributed by atoms with Crippen LogP contribution < -0.4 is 0 Å². The molecule has 6 rings (SSSR count). The zero-order chi connectivity index (χ0) is 23.3. The van der Waals surface area contributed by atoms with Gasteiger partial charge in [-0.25, -0.2) is 0 Å². The maximum absolute atomic E-state index is 12.3. The minimum atomic E-state index is -0.754. The molecule has 3 aliphatic heterocycles. The molecular formula is C27H40O6. The van der Waals surface area contributed by atoms with Crippen LogP contribution in [0.5, 0.6) is 0 Å². The van der Waals surface area contributed by atoms with Gasteiger partial charge in [0.05, 0.1) is 25.6 Å². The lowest BCUT2D eigenvalue weighted by Crippen LogP contribution is -2.56. The molecular weight excluding hydrogens is 420 g/mol. The highest BCUT2D eigenvalue weighted by Gasteiger charge is 2.70. The number of carbonyl (C=O) groups excluding carboxylic acids is 1. The molecule has 6 aliphatic rings. The molecule has 0 amide bonds. The van der Waals surface area contributed by atoms with Crippen molar-refractivity contribution in [1.82, 2.24) is 0 Å². The molecule has 0 aromatic heterocycles. The molecule has 33 heavy (non-hydrogen) atoms. The number of carboxylic acids is 1. The van der Waals surface area contributed by atoms with Crippen LogP contribution in [-0.4, -0.2) is 41.6 Å². The maximum atomic E-state index is 12.3. The van der Waals surface area contributed by atoms with Crippen LogP contribution in [0.4, 0.5) is 0 Å². The Labute approximate surface area is 197 Å². The highest BCUT2D eigenvalue weighted by atomic mass is 16.7. The quantitative estimate of drug-likeness (QED) is 0.604. The fourth-order valence-electron chi connectivity index (χ4n) is 10.1. The minimum absolute atomic E-state index is 0.0312. The number of esters is 1. The lowest BCUT2D eigenvalue weighted by molar-refractivity contribution is -0.273. The van der Waals surface area contributed by atoms with Crippen LogP contribution in [0.25, 0.3) is 0 Å². The van der Waals surface area contributed by atoms with E-state index in [0.717, 1.165) is 45.1 Å². The van der Waals surface area contributed by atoms with Crippen LogP contribution in [0.2, 0.25) is 0 Å². The molecule has 3 saturated heterocycles. The molecule has 1 spiro atoms. The first kappa shape index (κ1) is 22.3. The zero-order valence-electron chi connectivity index (χ0n) is 20.5. The fraction of sp³-hybridized carbons (Fsp3) is 0.926. The molecule has 184 valence electrons. The lowest BCUT2D eigenvalue weighted by Gasteiger charge is -2.59. The standard InChI is InChI=1S/C27H40O6/c1-14-5-8-27(31-13-14)15(2)24-21(33-27)10-18-16-9-20-19(11-23(30)32-20)26(4,12-22(28)29)17(16)6-7-25(18,24)3/h14-21,24H,5-13H2,1-4H3,(H,28,29)/t14-,15?,16?,17?,18?,19?,20?,21?,24?,25+,26-,27?/m1/s1. The number of aliphatic carboxylic acids is 1. The van der Waals surface area contributed by atoms with E-state index in [1.54, 1.807) is 0 Å². The minimum Gasteiger partial charge on any atom is -0.481 e. The Hall–Kier alpha value is -1.14.